The summed E-state index contributed by atoms with van der Waals surface area (Å²) in [4.78, 5) is 11.2. The number of carbonyl (C=O) groups is 1. The van der Waals surface area contributed by atoms with Gasteiger partial charge in [0.1, 0.15) is 0 Å². The lowest BCUT2D eigenvalue weighted by molar-refractivity contribution is 0.237. The van der Waals surface area contributed by atoms with E-state index in [0.29, 0.717) is 6.04 Å². The topological polar surface area (TPSA) is 53.2 Å². The third-order valence-electron chi connectivity index (χ3n) is 2.21. The molecule has 0 radical (unpaired) electrons. The van der Waals surface area contributed by atoms with Gasteiger partial charge in [0.05, 0.1) is 0 Å². The van der Waals surface area contributed by atoms with Crippen LogP contribution in [0.3, 0.4) is 0 Å². The Morgan fingerprint density at radius 2 is 2.46 bits per heavy atom. The zero-order chi connectivity index (χ0) is 9.52. The molecule has 0 saturated carbocycles. The molecule has 0 aromatic rings. The molecule has 1 saturated heterocycles. The van der Waals surface area contributed by atoms with Gasteiger partial charge in [-0.2, -0.15) is 0 Å². The molecule has 0 bridgehead atoms. The molecule has 0 spiro atoms. The Kier molecular flexibility index (Phi) is 4.60. The first-order valence-corrected chi connectivity index (χ1v) is 5.08. The normalized spacial score (nSPS) is 21.5. The van der Waals surface area contributed by atoms with Gasteiger partial charge in [-0.15, -0.1) is 0 Å². The standard InChI is InChI=1S/C9H19N3O/c1-2-3-5-11-9(13)12-8-4-6-10-7-8/h8,10H,2-7H2,1H3,(H2,11,12,13)/t8-/m0/s1. The summed E-state index contributed by atoms with van der Waals surface area (Å²) in [5.74, 6) is 0. The van der Waals surface area contributed by atoms with Crippen molar-refractivity contribution in [3.05, 3.63) is 0 Å². The highest BCUT2D eigenvalue weighted by Gasteiger charge is 2.15. The Hall–Kier alpha value is -0.770. The summed E-state index contributed by atoms with van der Waals surface area (Å²) >= 11 is 0. The number of rotatable bonds is 4. The largest absolute Gasteiger partial charge is 0.338 e. The Balaban J connectivity index is 2.02. The van der Waals surface area contributed by atoms with E-state index in [1.807, 2.05) is 0 Å². The molecule has 1 rings (SSSR count). The van der Waals surface area contributed by atoms with E-state index in [-0.39, 0.29) is 6.03 Å². The third-order valence-corrected chi connectivity index (χ3v) is 2.21. The summed E-state index contributed by atoms with van der Waals surface area (Å²) in [5, 5.41) is 8.96. The molecule has 1 aliphatic heterocycles. The highest BCUT2D eigenvalue weighted by molar-refractivity contribution is 5.74. The van der Waals surface area contributed by atoms with Crippen molar-refractivity contribution < 1.29 is 4.79 Å². The van der Waals surface area contributed by atoms with Crippen LogP contribution in [0.25, 0.3) is 0 Å². The Morgan fingerprint density at radius 3 is 3.08 bits per heavy atom. The Morgan fingerprint density at radius 1 is 1.62 bits per heavy atom. The summed E-state index contributed by atoms with van der Waals surface area (Å²) in [6.07, 6.45) is 3.21. The Bertz CT molecular complexity index is 155. The minimum atomic E-state index is -0.0258. The predicted molar refractivity (Wildman–Crippen MR) is 52.7 cm³/mol. The number of hydrogen-bond donors (Lipinski definition) is 3. The molecule has 1 fully saturated rings. The summed E-state index contributed by atoms with van der Waals surface area (Å²) in [5.41, 5.74) is 0. The fraction of sp³-hybridized carbons (Fsp3) is 0.889. The van der Waals surface area contributed by atoms with Gasteiger partial charge in [0, 0.05) is 19.1 Å². The van der Waals surface area contributed by atoms with Crippen LogP contribution >= 0.6 is 0 Å². The summed E-state index contributed by atoms with van der Waals surface area (Å²) in [7, 11) is 0. The fourth-order valence-corrected chi connectivity index (χ4v) is 1.39. The summed E-state index contributed by atoms with van der Waals surface area (Å²) in [6, 6.07) is 0.295. The van der Waals surface area contributed by atoms with Gasteiger partial charge < -0.3 is 16.0 Å². The predicted octanol–water partition coefficient (Wildman–Crippen LogP) is 0.448. The van der Waals surface area contributed by atoms with Crippen molar-refractivity contribution in [2.75, 3.05) is 19.6 Å². The van der Waals surface area contributed by atoms with Gasteiger partial charge in [-0.25, -0.2) is 4.79 Å². The maximum atomic E-state index is 11.2. The molecule has 3 N–H and O–H groups in total. The molecule has 0 aliphatic carbocycles. The van der Waals surface area contributed by atoms with Crippen molar-refractivity contribution >= 4 is 6.03 Å². The first kappa shape index (κ1) is 10.3. The lowest BCUT2D eigenvalue weighted by Crippen LogP contribution is -2.43. The molecule has 4 nitrogen and oxygen atoms in total. The van der Waals surface area contributed by atoms with Crippen molar-refractivity contribution in [3.63, 3.8) is 0 Å². The maximum Gasteiger partial charge on any atom is 0.315 e. The number of urea groups is 1. The van der Waals surface area contributed by atoms with Crippen LogP contribution in [0.1, 0.15) is 26.2 Å². The molecule has 0 aromatic carbocycles. The smallest absolute Gasteiger partial charge is 0.315 e. The van der Waals surface area contributed by atoms with E-state index in [4.69, 9.17) is 0 Å². The molecular formula is C9H19N3O. The van der Waals surface area contributed by atoms with E-state index in [0.717, 1.165) is 38.9 Å². The molecule has 2 amide bonds. The second kappa shape index (κ2) is 5.80. The van der Waals surface area contributed by atoms with E-state index < -0.39 is 0 Å². The maximum absolute atomic E-state index is 11.2. The van der Waals surface area contributed by atoms with Crippen LogP contribution in [-0.4, -0.2) is 31.7 Å². The quantitative estimate of drug-likeness (QED) is 0.557. The van der Waals surface area contributed by atoms with E-state index in [9.17, 15) is 4.79 Å². The first-order valence-electron chi connectivity index (χ1n) is 5.08. The van der Waals surface area contributed by atoms with Crippen molar-refractivity contribution in [2.45, 2.75) is 32.2 Å². The SMILES string of the molecule is CCCCNC(=O)N[C@H]1CCNC1. The second-order valence-electron chi connectivity index (χ2n) is 3.44. The Labute approximate surface area is 79.5 Å². The molecule has 76 valence electrons. The first-order chi connectivity index (χ1) is 6.33. The van der Waals surface area contributed by atoms with Crippen LogP contribution in [0.2, 0.25) is 0 Å². The minimum Gasteiger partial charge on any atom is -0.338 e. The van der Waals surface area contributed by atoms with Crippen LogP contribution in [0.5, 0.6) is 0 Å². The van der Waals surface area contributed by atoms with E-state index in [2.05, 4.69) is 22.9 Å². The van der Waals surface area contributed by atoms with Crippen molar-refractivity contribution in [1.82, 2.24) is 16.0 Å². The van der Waals surface area contributed by atoms with Crippen molar-refractivity contribution in [3.8, 4) is 0 Å². The number of amides is 2. The molecule has 1 atom stereocenters. The van der Waals surface area contributed by atoms with Crippen LogP contribution in [0.4, 0.5) is 4.79 Å². The van der Waals surface area contributed by atoms with Crippen molar-refractivity contribution in [1.29, 1.82) is 0 Å². The lowest BCUT2D eigenvalue weighted by Gasteiger charge is -2.11. The number of carbonyl (C=O) groups excluding carboxylic acids is 1. The number of nitrogens with one attached hydrogen (secondary N) is 3. The molecule has 0 unspecified atom stereocenters. The van der Waals surface area contributed by atoms with E-state index in [1.165, 1.54) is 0 Å². The lowest BCUT2D eigenvalue weighted by atomic mass is 10.3. The van der Waals surface area contributed by atoms with Crippen LogP contribution in [-0.2, 0) is 0 Å². The zero-order valence-corrected chi connectivity index (χ0v) is 8.23. The number of unbranched alkanes of at least 4 members (excludes halogenated alkanes) is 1. The number of hydrogen-bond acceptors (Lipinski definition) is 2. The average molecular weight is 185 g/mol. The molecule has 0 aromatic heterocycles. The van der Waals surface area contributed by atoms with Crippen LogP contribution in [0.15, 0.2) is 0 Å². The van der Waals surface area contributed by atoms with Crippen LogP contribution < -0.4 is 16.0 Å². The summed E-state index contributed by atoms with van der Waals surface area (Å²) < 4.78 is 0. The van der Waals surface area contributed by atoms with Crippen LogP contribution in [0, 0.1) is 0 Å². The molecule has 4 heteroatoms. The monoisotopic (exact) mass is 185 g/mol. The highest BCUT2D eigenvalue weighted by atomic mass is 16.2. The molecule has 1 heterocycles. The fourth-order valence-electron chi connectivity index (χ4n) is 1.39. The molecular weight excluding hydrogens is 166 g/mol. The van der Waals surface area contributed by atoms with Gasteiger partial charge in [-0.3, -0.25) is 0 Å². The second-order valence-corrected chi connectivity index (χ2v) is 3.44. The minimum absolute atomic E-state index is 0.0258. The van der Waals surface area contributed by atoms with Crippen molar-refractivity contribution in [2.24, 2.45) is 0 Å². The van der Waals surface area contributed by atoms with Gasteiger partial charge in [0.15, 0.2) is 0 Å². The summed E-state index contributed by atoms with van der Waals surface area (Å²) in [6.45, 7) is 4.81. The van der Waals surface area contributed by atoms with Gasteiger partial charge in [0.2, 0.25) is 0 Å². The van der Waals surface area contributed by atoms with E-state index in [1.54, 1.807) is 0 Å². The van der Waals surface area contributed by atoms with Gasteiger partial charge in [-0.1, -0.05) is 13.3 Å². The average Bonchev–Trinajstić information content (AvgIpc) is 2.57. The van der Waals surface area contributed by atoms with E-state index >= 15 is 0 Å². The van der Waals surface area contributed by atoms with Gasteiger partial charge in [0.25, 0.3) is 0 Å². The van der Waals surface area contributed by atoms with Gasteiger partial charge >= 0.3 is 6.03 Å². The third kappa shape index (κ3) is 4.12. The van der Waals surface area contributed by atoms with Gasteiger partial charge in [-0.05, 0) is 19.4 Å². The molecule has 1 aliphatic rings. The molecule has 13 heavy (non-hydrogen) atoms. The zero-order valence-electron chi connectivity index (χ0n) is 8.23. The highest BCUT2D eigenvalue weighted by Crippen LogP contribution is 1.96.